The molecule has 0 amide bonds. The number of thiazole rings is 1. The number of methoxy groups -OCH3 is 2. The maximum absolute atomic E-state index is 13.6. The summed E-state index contributed by atoms with van der Waals surface area (Å²) in [5.41, 5.74) is 4.75. The summed E-state index contributed by atoms with van der Waals surface area (Å²) in [5.74, 6) is -0.153. The Morgan fingerprint density at radius 1 is 1.16 bits per heavy atom. The first-order valence-corrected chi connectivity index (χ1v) is 11.0. The van der Waals surface area contributed by atoms with Crippen LogP contribution in [0.3, 0.4) is 0 Å². The van der Waals surface area contributed by atoms with Crippen LogP contribution in [0.1, 0.15) is 24.3 Å². The number of carbonyl (C=O) groups excluding carboxylic acids is 1. The minimum atomic E-state index is -0.291. The van der Waals surface area contributed by atoms with Gasteiger partial charge in [-0.3, -0.25) is 9.78 Å². The third kappa shape index (κ3) is 4.14. The van der Waals surface area contributed by atoms with Crippen LogP contribution in [0.2, 0.25) is 0 Å². The second kappa shape index (κ2) is 9.06. The summed E-state index contributed by atoms with van der Waals surface area (Å²) in [6, 6.07) is 12.5. The summed E-state index contributed by atoms with van der Waals surface area (Å²) < 4.78 is 24.3. The average Bonchev–Trinajstić information content (AvgIpc) is 3.48. The molecule has 1 aromatic heterocycles. The molecule has 1 aliphatic rings. The molecule has 1 aliphatic carbocycles. The molecule has 2 aromatic carbocycles. The van der Waals surface area contributed by atoms with Crippen LogP contribution in [0, 0.1) is 11.7 Å². The number of carbonyl (C=O) groups is 1. The second-order valence-electron chi connectivity index (χ2n) is 7.71. The van der Waals surface area contributed by atoms with Crippen LogP contribution in [-0.4, -0.2) is 38.3 Å². The van der Waals surface area contributed by atoms with E-state index in [-0.39, 0.29) is 29.7 Å². The molecule has 7 heteroatoms. The SMILES string of the molecule is COC(=O)C1CCC(N(C)c2cc(-c3cncs3)ccc2OC)C1c1ccc(F)cc1. The molecule has 31 heavy (non-hydrogen) atoms. The molecule has 162 valence electrons. The number of halogens is 1. The molecule has 3 atom stereocenters. The van der Waals surface area contributed by atoms with Crippen LogP contribution in [0.15, 0.2) is 54.2 Å². The van der Waals surface area contributed by atoms with E-state index in [2.05, 4.69) is 16.0 Å². The van der Waals surface area contributed by atoms with Crippen LogP contribution in [0.5, 0.6) is 5.75 Å². The minimum Gasteiger partial charge on any atom is -0.495 e. The van der Waals surface area contributed by atoms with Crippen molar-refractivity contribution in [3.63, 3.8) is 0 Å². The van der Waals surface area contributed by atoms with E-state index in [0.29, 0.717) is 6.42 Å². The summed E-state index contributed by atoms with van der Waals surface area (Å²) >= 11 is 1.58. The summed E-state index contributed by atoms with van der Waals surface area (Å²) in [4.78, 5) is 20.0. The van der Waals surface area contributed by atoms with Gasteiger partial charge in [0, 0.05) is 25.2 Å². The fourth-order valence-electron chi connectivity index (χ4n) is 4.62. The molecule has 0 N–H and O–H groups in total. The lowest BCUT2D eigenvalue weighted by Crippen LogP contribution is -2.36. The molecule has 0 aliphatic heterocycles. The van der Waals surface area contributed by atoms with Gasteiger partial charge in [-0.1, -0.05) is 12.1 Å². The van der Waals surface area contributed by atoms with Gasteiger partial charge in [0.2, 0.25) is 0 Å². The Morgan fingerprint density at radius 3 is 2.58 bits per heavy atom. The first-order valence-electron chi connectivity index (χ1n) is 10.2. The van der Waals surface area contributed by atoms with Gasteiger partial charge < -0.3 is 14.4 Å². The lowest BCUT2D eigenvalue weighted by atomic mass is 9.85. The number of aromatic nitrogens is 1. The lowest BCUT2D eigenvalue weighted by molar-refractivity contribution is -0.145. The van der Waals surface area contributed by atoms with Gasteiger partial charge in [-0.2, -0.15) is 0 Å². The fourth-order valence-corrected chi connectivity index (χ4v) is 5.24. The average molecular weight is 441 g/mol. The van der Waals surface area contributed by atoms with E-state index in [9.17, 15) is 9.18 Å². The van der Waals surface area contributed by atoms with E-state index < -0.39 is 0 Å². The van der Waals surface area contributed by atoms with Crippen molar-refractivity contribution in [3.8, 4) is 16.2 Å². The molecule has 0 bridgehead atoms. The topological polar surface area (TPSA) is 51.7 Å². The van der Waals surface area contributed by atoms with E-state index in [1.165, 1.54) is 19.2 Å². The van der Waals surface area contributed by atoms with Crippen molar-refractivity contribution in [1.82, 2.24) is 4.98 Å². The van der Waals surface area contributed by atoms with E-state index in [4.69, 9.17) is 9.47 Å². The van der Waals surface area contributed by atoms with Gasteiger partial charge in [0.05, 0.1) is 36.2 Å². The van der Waals surface area contributed by atoms with E-state index in [0.717, 1.165) is 33.9 Å². The van der Waals surface area contributed by atoms with Crippen LogP contribution >= 0.6 is 11.3 Å². The Labute approximate surface area is 185 Å². The van der Waals surface area contributed by atoms with Crippen molar-refractivity contribution in [3.05, 3.63) is 65.6 Å². The fraction of sp³-hybridized carbons (Fsp3) is 0.333. The van der Waals surface area contributed by atoms with Gasteiger partial charge in [0.25, 0.3) is 0 Å². The predicted octanol–water partition coefficient (Wildman–Crippen LogP) is 5.13. The van der Waals surface area contributed by atoms with Gasteiger partial charge in [0.1, 0.15) is 11.6 Å². The predicted molar refractivity (Wildman–Crippen MR) is 120 cm³/mol. The van der Waals surface area contributed by atoms with Gasteiger partial charge in [-0.15, -0.1) is 11.3 Å². The van der Waals surface area contributed by atoms with Crippen molar-refractivity contribution in [1.29, 1.82) is 0 Å². The molecule has 0 spiro atoms. The number of hydrogen-bond acceptors (Lipinski definition) is 6. The molecule has 5 nitrogen and oxygen atoms in total. The standard InChI is InChI=1S/C24H25FN2O3S/c1-27(20-12-16(6-11-21(20)29-2)22-13-26-14-31-22)19-10-9-18(24(28)30-3)23(19)15-4-7-17(25)8-5-15/h4-8,11-14,18-19,23H,9-10H2,1-3H3. The Kier molecular flexibility index (Phi) is 6.23. The molecule has 0 radical (unpaired) electrons. The largest absolute Gasteiger partial charge is 0.495 e. The molecule has 4 rings (SSSR count). The summed E-state index contributed by atoms with van der Waals surface area (Å²) in [6.07, 6.45) is 3.37. The summed E-state index contributed by atoms with van der Waals surface area (Å²) in [7, 11) is 5.10. The highest BCUT2D eigenvalue weighted by atomic mass is 32.1. The number of ether oxygens (including phenoxy) is 2. The highest BCUT2D eigenvalue weighted by Gasteiger charge is 2.44. The zero-order chi connectivity index (χ0) is 22.0. The van der Waals surface area contributed by atoms with Crippen LogP contribution in [-0.2, 0) is 9.53 Å². The molecule has 1 fully saturated rings. The van der Waals surface area contributed by atoms with Gasteiger partial charge in [0.15, 0.2) is 0 Å². The van der Waals surface area contributed by atoms with Crippen LogP contribution in [0.25, 0.3) is 10.4 Å². The quantitative estimate of drug-likeness (QED) is 0.498. The second-order valence-corrected chi connectivity index (χ2v) is 8.60. The van der Waals surface area contributed by atoms with Crippen molar-refractivity contribution in [2.75, 3.05) is 26.2 Å². The highest BCUT2D eigenvalue weighted by Crippen LogP contribution is 2.46. The smallest absolute Gasteiger partial charge is 0.309 e. The molecule has 3 aromatic rings. The van der Waals surface area contributed by atoms with Crippen LogP contribution in [0.4, 0.5) is 10.1 Å². The molecule has 0 saturated heterocycles. The minimum absolute atomic E-state index is 0.0279. The Bertz CT molecular complexity index is 1040. The lowest BCUT2D eigenvalue weighted by Gasteiger charge is -2.34. The molecule has 1 saturated carbocycles. The number of likely N-dealkylation sites (N-methyl/N-ethyl adjacent to an activating group) is 1. The zero-order valence-corrected chi connectivity index (χ0v) is 18.6. The normalized spacial score (nSPS) is 20.5. The number of anilines is 1. The van der Waals surface area contributed by atoms with Crippen LogP contribution < -0.4 is 9.64 Å². The number of esters is 1. The summed E-state index contributed by atoms with van der Waals surface area (Å²) in [6.45, 7) is 0. The number of rotatable bonds is 6. The Morgan fingerprint density at radius 2 is 1.94 bits per heavy atom. The van der Waals surface area contributed by atoms with E-state index >= 15 is 0 Å². The zero-order valence-electron chi connectivity index (χ0n) is 17.7. The van der Waals surface area contributed by atoms with Crippen molar-refractivity contribution in [2.45, 2.75) is 24.8 Å². The van der Waals surface area contributed by atoms with Gasteiger partial charge >= 0.3 is 5.97 Å². The Balaban J connectivity index is 1.74. The highest BCUT2D eigenvalue weighted by molar-refractivity contribution is 7.13. The monoisotopic (exact) mass is 440 g/mol. The third-order valence-corrected chi connectivity index (χ3v) is 6.98. The van der Waals surface area contributed by atoms with E-state index in [1.54, 1.807) is 30.6 Å². The van der Waals surface area contributed by atoms with Crippen molar-refractivity contribution < 1.29 is 18.7 Å². The number of hydrogen-bond donors (Lipinski definition) is 0. The molecular weight excluding hydrogens is 415 g/mol. The summed E-state index contributed by atoms with van der Waals surface area (Å²) in [5, 5.41) is 0. The first kappa shape index (κ1) is 21.3. The van der Waals surface area contributed by atoms with Crippen molar-refractivity contribution >= 4 is 23.0 Å². The Hall–Kier alpha value is -2.93. The van der Waals surface area contributed by atoms with Gasteiger partial charge in [-0.25, -0.2) is 4.39 Å². The molecule has 1 heterocycles. The maximum atomic E-state index is 13.6. The van der Waals surface area contributed by atoms with Crippen molar-refractivity contribution in [2.24, 2.45) is 5.92 Å². The van der Waals surface area contributed by atoms with Gasteiger partial charge in [-0.05, 0) is 54.3 Å². The van der Waals surface area contributed by atoms with E-state index in [1.807, 2.05) is 30.9 Å². The molecular formula is C24H25FN2O3S. The third-order valence-electron chi connectivity index (χ3n) is 6.15. The molecule has 3 unspecified atom stereocenters. The maximum Gasteiger partial charge on any atom is 0.309 e. The number of benzene rings is 2. The first-order chi connectivity index (χ1) is 15.0. The number of nitrogens with zero attached hydrogens (tertiary/aromatic N) is 2.